The lowest BCUT2D eigenvalue weighted by Gasteiger charge is -2.35. The average Bonchev–Trinajstić information content (AvgIpc) is 2.39. The third-order valence-corrected chi connectivity index (χ3v) is 4.22. The molecule has 5 nitrogen and oxygen atoms in total. The van der Waals surface area contributed by atoms with Crippen LogP contribution in [-0.2, 0) is 0 Å². The van der Waals surface area contributed by atoms with E-state index in [-0.39, 0.29) is 12.1 Å². The van der Waals surface area contributed by atoms with Crippen molar-refractivity contribution in [3.05, 3.63) is 0 Å². The molecule has 0 aromatic heterocycles. The highest BCUT2D eigenvalue weighted by atomic mass is 16.3. The molecule has 0 aromatic rings. The van der Waals surface area contributed by atoms with Gasteiger partial charge >= 0.3 is 6.03 Å². The van der Waals surface area contributed by atoms with E-state index in [0.29, 0.717) is 13.1 Å². The molecule has 1 aliphatic rings. The zero-order valence-corrected chi connectivity index (χ0v) is 15.0. The minimum atomic E-state index is -0.496. The first-order valence-corrected chi connectivity index (χ1v) is 8.74. The van der Waals surface area contributed by atoms with E-state index in [1.165, 1.54) is 19.5 Å². The molecule has 1 rings (SSSR count). The number of carbonyl (C=O) groups excluding carboxylic acids is 1. The molecule has 1 heterocycles. The van der Waals surface area contributed by atoms with Crippen molar-refractivity contribution in [1.29, 1.82) is 0 Å². The highest BCUT2D eigenvalue weighted by Gasteiger charge is 2.21. The van der Waals surface area contributed by atoms with Gasteiger partial charge in [0, 0.05) is 32.2 Å². The summed E-state index contributed by atoms with van der Waals surface area (Å²) in [6.07, 6.45) is 1.81. The Kier molecular flexibility index (Phi) is 8.18. The predicted octanol–water partition coefficient (Wildman–Crippen LogP) is 2.16. The number of rotatable bonds is 7. The van der Waals surface area contributed by atoms with Crippen LogP contribution in [0.3, 0.4) is 0 Å². The second kappa shape index (κ2) is 9.36. The molecule has 0 bridgehead atoms. The van der Waals surface area contributed by atoms with Crippen LogP contribution in [0.15, 0.2) is 0 Å². The quantitative estimate of drug-likeness (QED) is 0.708. The number of amides is 2. The summed E-state index contributed by atoms with van der Waals surface area (Å²) in [4.78, 5) is 16.4. The van der Waals surface area contributed by atoms with Gasteiger partial charge in [-0.3, -0.25) is 0 Å². The average molecular weight is 313 g/mol. The third-order valence-electron chi connectivity index (χ3n) is 4.22. The number of urea groups is 1. The summed E-state index contributed by atoms with van der Waals surface area (Å²) in [7, 11) is 0. The highest BCUT2D eigenvalue weighted by molar-refractivity contribution is 5.74. The first-order chi connectivity index (χ1) is 10.3. The van der Waals surface area contributed by atoms with E-state index < -0.39 is 6.10 Å². The lowest BCUT2D eigenvalue weighted by Crippen LogP contribution is -2.47. The van der Waals surface area contributed by atoms with Crippen molar-refractivity contribution in [1.82, 2.24) is 15.1 Å². The van der Waals surface area contributed by atoms with Gasteiger partial charge in [0.1, 0.15) is 0 Å². The number of carbonyl (C=O) groups is 1. The van der Waals surface area contributed by atoms with Crippen LogP contribution >= 0.6 is 0 Å². The molecular weight excluding hydrogens is 278 g/mol. The van der Waals surface area contributed by atoms with E-state index in [4.69, 9.17) is 0 Å². The molecule has 0 spiro atoms. The van der Waals surface area contributed by atoms with Crippen LogP contribution in [0, 0.1) is 11.8 Å². The third kappa shape index (κ3) is 6.97. The fourth-order valence-corrected chi connectivity index (χ4v) is 3.39. The highest BCUT2D eigenvalue weighted by Crippen LogP contribution is 2.20. The molecule has 2 amide bonds. The van der Waals surface area contributed by atoms with E-state index in [0.717, 1.165) is 24.8 Å². The van der Waals surface area contributed by atoms with Crippen molar-refractivity contribution in [3.63, 3.8) is 0 Å². The maximum absolute atomic E-state index is 12.2. The second-order valence-corrected chi connectivity index (χ2v) is 7.39. The molecular formula is C17H35N3O2. The molecule has 3 unspecified atom stereocenters. The Hall–Kier alpha value is -0.810. The minimum absolute atomic E-state index is 0.0729. The van der Waals surface area contributed by atoms with Crippen molar-refractivity contribution in [2.75, 3.05) is 32.7 Å². The van der Waals surface area contributed by atoms with Gasteiger partial charge in [-0.1, -0.05) is 13.8 Å². The molecule has 0 radical (unpaired) electrons. The molecule has 1 saturated heterocycles. The summed E-state index contributed by atoms with van der Waals surface area (Å²) in [5.41, 5.74) is 0. The van der Waals surface area contributed by atoms with Crippen molar-refractivity contribution in [2.24, 2.45) is 11.8 Å². The molecule has 130 valence electrons. The Morgan fingerprint density at radius 1 is 1.27 bits per heavy atom. The van der Waals surface area contributed by atoms with E-state index in [1.807, 2.05) is 13.8 Å². The van der Waals surface area contributed by atoms with Gasteiger partial charge in [0.05, 0.1) is 6.10 Å². The van der Waals surface area contributed by atoms with Crippen LogP contribution in [0.4, 0.5) is 4.79 Å². The molecule has 22 heavy (non-hydrogen) atoms. The standard InChI is InChI=1S/C17H35N3O2/c1-13(2)20(12-16(5)21)17(22)18-7-6-8-19-10-14(3)9-15(4)11-19/h13-16,21H,6-12H2,1-5H3,(H,18,22). The smallest absolute Gasteiger partial charge is 0.317 e. The Bertz CT molecular complexity index is 324. The van der Waals surface area contributed by atoms with Gasteiger partial charge in [-0.05, 0) is 52.0 Å². The Morgan fingerprint density at radius 3 is 2.36 bits per heavy atom. The number of hydrogen-bond acceptors (Lipinski definition) is 3. The number of hydrogen-bond donors (Lipinski definition) is 2. The summed E-state index contributed by atoms with van der Waals surface area (Å²) in [5.74, 6) is 1.56. The van der Waals surface area contributed by atoms with E-state index in [2.05, 4.69) is 24.1 Å². The number of aliphatic hydroxyl groups excluding tert-OH is 1. The van der Waals surface area contributed by atoms with Crippen molar-refractivity contribution >= 4 is 6.03 Å². The summed E-state index contributed by atoms with van der Waals surface area (Å²) >= 11 is 0. The van der Waals surface area contributed by atoms with Crippen LogP contribution in [0.1, 0.15) is 47.5 Å². The first-order valence-electron chi connectivity index (χ1n) is 8.74. The maximum atomic E-state index is 12.2. The normalized spacial score (nSPS) is 24.3. The van der Waals surface area contributed by atoms with Crippen molar-refractivity contribution < 1.29 is 9.90 Å². The van der Waals surface area contributed by atoms with Crippen LogP contribution in [-0.4, -0.2) is 65.8 Å². The van der Waals surface area contributed by atoms with E-state index >= 15 is 0 Å². The first kappa shape index (κ1) is 19.2. The Labute approximate surface area is 136 Å². The monoisotopic (exact) mass is 313 g/mol. The number of nitrogens with one attached hydrogen (secondary N) is 1. The topological polar surface area (TPSA) is 55.8 Å². The minimum Gasteiger partial charge on any atom is -0.392 e. The van der Waals surface area contributed by atoms with Gasteiger partial charge in [0.25, 0.3) is 0 Å². The molecule has 1 fully saturated rings. The Morgan fingerprint density at radius 2 is 1.86 bits per heavy atom. The molecule has 0 aromatic carbocycles. The van der Waals surface area contributed by atoms with Gasteiger partial charge in [-0.25, -0.2) is 4.79 Å². The zero-order valence-electron chi connectivity index (χ0n) is 15.0. The van der Waals surface area contributed by atoms with Gasteiger partial charge < -0.3 is 20.2 Å². The van der Waals surface area contributed by atoms with Crippen molar-refractivity contribution in [2.45, 2.75) is 59.6 Å². The van der Waals surface area contributed by atoms with Crippen LogP contribution in [0.25, 0.3) is 0 Å². The van der Waals surface area contributed by atoms with Crippen LogP contribution < -0.4 is 5.32 Å². The van der Waals surface area contributed by atoms with Crippen molar-refractivity contribution in [3.8, 4) is 0 Å². The number of aliphatic hydroxyl groups is 1. The van der Waals surface area contributed by atoms with Gasteiger partial charge in [-0.2, -0.15) is 0 Å². The largest absolute Gasteiger partial charge is 0.392 e. The number of likely N-dealkylation sites (tertiary alicyclic amines) is 1. The van der Waals surface area contributed by atoms with Gasteiger partial charge in [0.2, 0.25) is 0 Å². The molecule has 5 heteroatoms. The lowest BCUT2D eigenvalue weighted by molar-refractivity contribution is 0.118. The predicted molar refractivity (Wildman–Crippen MR) is 90.9 cm³/mol. The number of piperidine rings is 1. The summed E-state index contributed by atoms with van der Waals surface area (Å²) < 4.78 is 0. The molecule has 0 saturated carbocycles. The zero-order chi connectivity index (χ0) is 16.7. The van der Waals surface area contributed by atoms with Crippen LogP contribution in [0.5, 0.6) is 0 Å². The molecule has 3 atom stereocenters. The van der Waals surface area contributed by atoms with Crippen LogP contribution in [0.2, 0.25) is 0 Å². The lowest BCUT2D eigenvalue weighted by atomic mass is 9.92. The molecule has 0 aliphatic carbocycles. The second-order valence-electron chi connectivity index (χ2n) is 7.39. The summed E-state index contributed by atoms with van der Waals surface area (Å²) in [6.45, 7) is 14.8. The maximum Gasteiger partial charge on any atom is 0.317 e. The number of nitrogens with zero attached hydrogens (tertiary/aromatic N) is 2. The Balaban J connectivity index is 2.26. The fourth-order valence-electron chi connectivity index (χ4n) is 3.39. The van der Waals surface area contributed by atoms with Gasteiger partial charge in [0.15, 0.2) is 0 Å². The summed E-state index contributed by atoms with van der Waals surface area (Å²) in [5, 5.41) is 12.5. The van der Waals surface area contributed by atoms with E-state index in [9.17, 15) is 9.90 Å². The van der Waals surface area contributed by atoms with Gasteiger partial charge in [-0.15, -0.1) is 0 Å². The SMILES string of the molecule is CC(O)CN(C(=O)NCCCN1CC(C)CC(C)C1)C(C)C. The van der Waals surface area contributed by atoms with E-state index in [1.54, 1.807) is 11.8 Å². The molecule has 2 N–H and O–H groups in total. The summed E-state index contributed by atoms with van der Waals surface area (Å²) in [6, 6.07) is 0.0228. The molecule has 1 aliphatic heterocycles. The fraction of sp³-hybridized carbons (Fsp3) is 0.941.